The highest BCUT2D eigenvalue weighted by molar-refractivity contribution is 5.74. The fraction of sp³-hybridized carbons (Fsp3) is 0.520. The number of piperazine rings is 1. The highest BCUT2D eigenvalue weighted by Crippen LogP contribution is 2.29. The van der Waals surface area contributed by atoms with Crippen molar-refractivity contribution in [1.82, 2.24) is 20.1 Å². The number of urea groups is 1. The van der Waals surface area contributed by atoms with E-state index in [1.54, 1.807) is 0 Å². The number of nitrogens with one attached hydrogen (secondary N) is 1. The molecule has 1 N–H and O–H groups in total. The summed E-state index contributed by atoms with van der Waals surface area (Å²) in [5.74, 6) is 2.55. The van der Waals surface area contributed by atoms with Gasteiger partial charge in [0, 0.05) is 64.9 Å². The Morgan fingerprint density at radius 3 is 2.42 bits per heavy atom. The van der Waals surface area contributed by atoms with Crippen molar-refractivity contribution in [3.8, 4) is 11.5 Å². The van der Waals surface area contributed by atoms with E-state index in [4.69, 9.17) is 9.47 Å². The zero-order valence-electron chi connectivity index (χ0n) is 19.7. The van der Waals surface area contributed by atoms with Crippen LogP contribution >= 0.6 is 0 Å². The predicted molar refractivity (Wildman–Crippen MR) is 129 cm³/mol. The zero-order chi connectivity index (χ0) is 23.0. The van der Waals surface area contributed by atoms with Crippen LogP contribution in [0.15, 0.2) is 42.6 Å². The second-order valence-corrected chi connectivity index (χ2v) is 8.66. The average Bonchev–Trinajstić information content (AvgIpc) is 2.85. The van der Waals surface area contributed by atoms with Gasteiger partial charge in [0.15, 0.2) is 11.5 Å². The number of likely N-dealkylation sites (N-methyl/N-ethyl adjacent to an activating group) is 1. The average molecular weight is 454 g/mol. The van der Waals surface area contributed by atoms with E-state index in [1.165, 1.54) is 0 Å². The fourth-order valence-corrected chi connectivity index (χ4v) is 4.21. The fourth-order valence-electron chi connectivity index (χ4n) is 4.21. The summed E-state index contributed by atoms with van der Waals surface area (Å²) in [7, 11) is 2.15. The van der Waals surface area contributed by atoms with Gasteiger partial charge in [-0.05, 0) is 37.7 Å². The number of aromatic nitrogens is 1. The number of amides is 2. The van der Waals surface area contributed by atoms with Crippen molar-refractivity contribution in [1.29, 1.82) is 0 Å². The summed E-state index contributed by atoms with van der Waals surface area (Å²) in [6.07, 6.45) is 3.55. The van der Waals surface area contributed by atoms with Gasteiger partial charge >= 0.3 is 6.03 Å². The third kappa shape index (κ3) is 6.28. The smallest absolute Gasteiger partial charge is 0.317 e. The maximum absolute atomic E-state index is 12.6. The van der Waals surface area contributed by atoms with Crippen molar-refractivity contribution in [2.45, 2.75) is 32.4 Å². The van der Waals surface area contributed by atoms with E-state index in [9.17, 15) is 4.79 Å². The van der Waals surface area contributed by atoms with Crippen molar-refractivity contribution >= 4 is 11.8 Å². The van der Waals surface area contributed by atoms with E-state index in [0.29, 0.717) is 26.2 Å². The molecule has 0 spiro atoms. The molecule has 0 radical (unpaired) electrons. The Morgan fingerprint density at radius 1 is 1.03 bits per heavy atom. The first-order valence-corrected chi connectivity index (χ1v) is 11.9. The van der Waals surface area contributed by atoms with Gasteiger partial charge in [-0.2, -0.15) is 0 Å². The molecule has 8 nitrogen and oxygen atoms in total. The van der Waals surface area contributed by atoms with Crippen molar-refractivity contribution in [2.24, 2.45) is 0 Å². The summed E-state index contributed by atoms with van der Waals surface area (Å²) in [5, 5.41) is 3.03. The van der Waals surface area contributed by atoms with Crippen LogP contribution in [0.2, 0.25) is 0 Å². The molecule has 1 aromatic carbocycles. The second kappa shape index (κ2) is 11.2. The maximum Gasteiger partial charge on any atom is 0.317 e. The maximum atomic E-state index is 12.6. The van der Waals surface area contributed by atoms with Crippen molar-refractivity contribution in [3.05, 3.63) is 48.2 Å². The zero-order valence-corrected chi connectivity index (χ0v) is 19.7. The Hall–Kier alpha value is -3.00. The largest absolute Gasteiger partial charge is 0.490 e. The molecular weight excluding hydrogens is 418 g/mol. The molecule has 2 aliphatic heterocycles. The lowest BCUT2D eigenvalue weighted by atomic mass is 10.1. The summed E-state index contributed by atoms with van der Waals surface area (Å²) in [5.41, 5.74) is 1.01. The normalized spacial score (nSPS) is 17.6. The highest BCUT2D eigenvalue weighted by Gasteiger charge is 2.24. The Labute approximate surface area is 196 Å². The molecule has 2 fully saturated rings. The van der Waals surface area contributed by atoms with Crippen LogP contribution in [-0.2, 0) is 6.54 Å². The van der Waals surface area contributed by atoms with Gasteiger partial charge in [-0.15, -0.1) is 0 Å². The monoisotopic (exact) mass is 453 g/mol. The van der Waals surface area contributed by atoms with Crippen molar-refractivity contribution in [3.63, 3.8) is 0 Å². The van der Waals surface area contributed by atoms with E-state index in [2.05, 4.69) is 39.3 Å². The van der Waals surface area contributed by atoms with E-state index in [0.717, 1.165) is 61.9 Å². The third-order valence-electron chi connectivity index (χ3n) is 6.25. The van der Waals surface area contributed by atoms with Crippen LogP contribution in [0.25, 0.3) is 0 Å². The van der Waals surface area contributed by atoms with Crippen LogP contribution in [-0.4, -0.2) is 79.8 Å². The number of nitrogens with zero attached hydrogens (tertiary/aromatic N) is 4. The highest BCUT2D eigenvalue weighted by atomic mass is 16.5. The van der Waals surface area contributed by atoms with Gasteiger partial charge in [0.25, 0.3) is 0 Å². The molecule has 33 heavy (non-hydrogen) atoms. The quantitative estimate of drug-likeness (QED) is 0.695. The second-order valence-electron chi connectivity index (χ2n) is 8.66. The molecule has 2 amide bonds. The Balaban J connectivity index is 1.20. The molecule has 2 aliphatic rings. The number of anilines is 1. The minimum Gasteiger partial charge on any atom is -0.490 e. The van der Waals surface area contributed by atoms with Gasteiger partial charge in [-0.1, -0.05) is 18.2 Å². The number of ether oxygens (including phenoxy) is 2. The minimum absolute atomic E-state index is 0.0358. The molecule has 4 rings (SSSR count). The van der Waals surface area contributed by atoms with Crippen LogP contribution in [0.4, 0.5) is 10.6 Å². The van der Waals surface area contributed by atoms with E-state index in [-0.39, 0.29) is 12.1 Å². The Morgan fingerprint density at radius 2 is 1.76 bits per heavy atom. The summed E-state index contributed by atoms with van der Waals surface area (Å²) in [6.45, 7) is 8.50. The number of carbonyl (C=O) groups is 1. The molecule has 0 bridgehead atoms. The number of rotatable bonds is 7. The van der Waals surface area contributed by atoms with Gasteiger partial charge in [0.05, 0.1) is 6.61 Å². The molecule has 3 heterocycles. The summed E-state index contributed by atoms with van der Waals surface area (Å²) >= 11 is 0. The third-order valence-corrected chi connectivity index (χ3v) is 6.25. The van der Waals surface area contributed by atoms with Crippen LogP contribution < -0.4 is 19.7 Å². The van der Waals surface area contributed by atoms with E-state index < -0.39 is 0 Å². The molecule has 0 unspecified atom stereocenters. The lowest BCUT2D eigenvalue weighted by Gasteiger charge is -2.33. The molecule has 8 heteroatoms. The van der Waals surface area contributed by atoms with E-state index >= 15 is 0 Å². The van der Waals surface area contributed by atoms with Crippen LogP contribution in [0.1, 0.15) is 25.3 Å². The molecule has 2 saturated heterocycles. The van der Waals surface area contributed by atoms with Crippen molar-refractivity contribution < 1.29 is 14.3 Å². The molecular formula is C25H35N5O3. The number of piperidine rings is 1. The van der Waals surface area contributed by atoms with Crippen molar-refractivity contribution in [2.75, 3.05) is 57.8 Å². The first kappa shape index (κ1) is 23.2. The number of hydrogen-bond donors (Lipinski definition) is 1. The van der Waals surface area contributed by atoms with Crippen LogP contribution in [0.3, 0.4) is 0 Å². The van der Waals surface area contributed by atoms with Gasteiger partial charge in [0.2, 0.25) is 0 Å². The Bertz CT molecular complexity index is 891. The van der Waals surface area contributed by atoms with Gasteiger partial charge in [0.1, 0.15) is 11.9 Å². The number of pyridine rings is 1. The van der Waals surface area contributed by atoms with Gasteiger partial charge < -0.3 is 29.5 Å². The molecule has 2 aromatic rings. The number of hydrogen-bond acceptors (Lipinski definition) is 6. The number of para-hydroxylation sites is 2. The number of carbonyl (C=O) groups excluding carboxylic acids is 1. The number of likely N-dealkylation sites (tertiary alicyclic amines) is 1. The summed E-state index contributed by atoms with van der Waals surface area (Å²) in [6, 6.07) is 11.8. The molecule has 0 atom stereocenters. The van der Waals surface area contributed by atoms with E-state index in [1.807, 2.05) is 42.3 Å². The first-order chi connectivity index (χ1) is 16.1. The predicted octanol–water partition coefficient (Wildman–Crippen LogP) is 2.99. The molecule has 0 aliphatic carbocycles. The SMILES string of the molecule is CCOc1ccccc1OC1CCN(C(=O)NCc2ccc(N3CCN(C)CC3)nc2)CC1. The topological polar surface area (TPSA) is 70.2 Å². The van der Waals surface area contributed by atoms with Gasteiger partial charge in [-0.3, -0.25) is 0 Å². The molecule has 1 aromatic heterocycles. The lowest BCUT2D eigenvalue weighted by molar-refractivity contribution is 0.107. The molecule has 0 saturated carbocycles. The Kier molecular flexibility index (Phi) is 7.88. The summed E-state index contributed by atoms with van der Waals surface area (Å²) in [4.78, 5) is 23.7. The standard InChI is InChI=1S/C25H35N5O3/c1-3-32-22-6-4-5-7-23(22)33-21-10-12-30(13-11-21)25(31)27-19-20-8-9-24(26-18-20)29-16-14-28(2)15-17-29/h4-9,18,21H,3,10-17,19H2,1-2H3,(H,27,31). The summed E-state index contributed by atoms with van der Waals surface area (Å²) < 4.78 is 11.8. The van der Waals surface area contributed by atoms with Crippen LogP contribution in [0.5, 0.6) is 11.5 Å². The molecule has 178 valence electrons. The first-order valence-electron chi connectivity index (χ1n) is 11.9. The van der Waals surface area contributed by atoms with Gasteiger partial charge in [-0.25, -0.2) is 9.78 Å². The minimum atomic E-state index is -0.0358. The lowest BCUT2D eigenvalue weighted by Crippen LogP contribution is -2.46. The number of benzene rings is 1. The van der Waals surface area contributed by atoms with Crippen LogP contribution in [0, 0.1) is 0 Å².